The molecule has 98 valence electrons. The molecule has 0 spiro atoms. The van der Waals surface area contributed by atoms with Crippen LogP contribution in [0.1, 0.15) is 27.9 Å². The molecule has 0 radical (unpaired) electrons. The van der Waals surface area contributed by atoms with Crippen molar-refractivity contribution >= 4 is 40.3 Å². The van der Waals surface area contributed by atoms with E-state index in [-0.39, 0.29) is 11.7 Å². The summed E-state index contributed by atoms with van der Waals surface area (Å²) in [5.41, 5.74) is 3.23. The minimum absolute atomic E-state index is 0.0260. The molecule has 1 heterocycles. The van der Waals surface area contributed by atoms with Gasteiger partial charge in [-0.25, -0.2) is 0 Å². The number of ketones is 1. The number of hydrogen-bond acceptors (Lipinski definition) is 2. The summed E-state index contributed by atoms with van der Waals surface area (Å²) >= 11 is 13.2. The largest absolute Gasteiger partial charge is 0.294 e. The zero-order valence-corrected chi connectivity index (χ0v) is 12.5. The van der Waals surface area contributed by atoms with Crippen LogP contribution < -0.4 is 0 Å². The smallest absolute Gasteiger partial charge is 0.168 e. The summed E-state index contributed by atoms with van der Waals surface area (Å²) in [4.78, 5) is 12.5. The third-order valence-corrected chi connectivity index (χ3v) is 5.13. The number of carbonyl (C=O) groups is 1. The first-order chi connectivity index (χ1) is 9.15. The van der Waals surface area contributed by atoms with Crippen molar-refractivity contribution in [3.05, 3.63) is 55.7 Å². The van der Waals surface area contributed by atoms with Gasteiger partial charge in [-0.15, -0.1) is 11.3 Å². The molecule has 1 atom stereocenters. The van der Waals surface area contributed by atoms with E-state index in [0.29, 0.717) is 14.2 Å². The summed E-state index contributed by atoms with van der Waals surface area (Å²) < 4.78 is 1.08. The number of hydrogen-bond donors (Lipinski definition) is 0. The van der Waals surface area contributed by atoms with Crippen LogP contribution in [-0.2, 0) is 12.8 Å². The van der Waals surface area contributed by atoms with E-state index in [1.165, 1.54) is 22.5 Å². The summed E-state index contributed by atoms with van der Waals surface area (Å²) in [5.74, 6) is 0.153. The van der Waals surface area contributed by atoms with Crippen molar-refractivity contribution in [2.45, 2.75) is 19.3 Å². The van der Waals surface area contributed by atoms with Crippen molar-refractivity contribution < 1.29 is 4.79 Å². The fourth-order valence-electron chi connectivity index (χ4n) is 2.65. The minimum atomic E-state index is 0.0260. The van der Waals surface area contributed by atoms with Gasteiger partial charge in [0.1, 0.15) is 4.34 Å². The quantitative estimate of drug-likeness (QED) is 0.710. The lowest BCUT2D eigenvalue weighted by atomic mass is 9.80. The first-order valence-electron chi connectivity index (χ1n) is 6.21. The van der Waals surface area contributed by atoms with E-state index < -0.39 is 0 Å². The van der Waals surface area contributed by atoms with Gasteiger partial charge in [0.15, 0.2) is 5.78 Å². The van der Waals surface area contributed by atoms with Crippen molar-refractivity contribution in [3.63, 3.8) is 0 Å². The van der Waals surface area contributed by atoms with Crippen LogP contribution in [-0.4, -0.2) is 5.78 Å². The molecule has 0 fully saturated rings. The lowest BCUT2D eigenvalue weighted by Gasteiger charge is -2.23. The van der Waals surface area contributed by atoms with Gasteiger partial charge >= 0.3 is 0 Å². The Morgan fingerprint density at radius 3 is 2.63 bits per heavy atom. The van der Waals surface area contributed by atoms with Gasteiger partial charge in [-0.05, 0) is 36.5 Å². The fraction of sp³-hybridized carbons (Fsp3) is 0.267. The molecule has 1 aliphatic carbocycles. The molecule has 0 bridgehead atoms. The third-order valence-electron chi connectivity index (χ3n) is 3.64. The van der Waals surface area contributed by atoms with Crippen LogP contribution in [0.15, 0.2) is 30.3 Å². The van der Waals surface area contributed by atoms with E-state index in [0.717, 1.165) is 19.3 Å². The van der Waals surface area contributed by atoms with Crippen molar-refractivity contribution in [2.24, 2.45) is 5.92 Å². The Bertz CT molecular complexity index is 633. The van der Waals surface area contributed by atoms with Crippen LogP contribution in [0.5, 0.6) is 0 Å². The molecule has 3 rings (SSSR count). The maximum absolute atomic E-state index is 12.5. The monoisotopic (exact) mass is 310 g/mol. The molecule has 0 saturated heterocycles. The Kier molecular flexibility index (Phi) is 3.66. The third kappa shape index (κ3) is 2.58. The lowest BCUT2D eigenvalue weighted by Crippen LogP contribution is -2.22. The highest BCUT2D eigenvalue weighted by Crippen LogP contribution is 2.35. The van der Waals surface area contributed by atoms with E-state index in [4.69, 9.17) is 23.2 Å². The normalized spacial score (nSPS) is 18.1. The minimum Gasteiger partial charge on any atom is -0.294 e. The van der Waals surface area contributed by atoms with Gasteiger partial charge in [0, 0.05) is 11.5 Å². The molecule has 0 aliphatic heterocycles. The number of aryl methyl sites for hydroxylation is 1. The van der Waals surface area contributed by atoms with Crippen molar-refractivity contribution in [1.82, 2.24) is 0 Å². The zero-order chi connectivity index (χ0) is 13.4. The molecule has 4 heteroatoms. The van der Waals surface area contributed by atoms with Gasteiger partial charge in [0.05, 0.1) is 4.34 Å². The van der Waals surface area contributed by atoms with Crippen LogP contribution in [0.4, 0.5) is 0 Å². The molecule has 1 unspecified atom stereocenters. The molecule has 2 aromatic rings. The number of Topliss-reactive ketones (excluding diaryl/α,β-unsaturated/α-hetero) is 1. The van der Waals surface area contributed by atoms with Gasteiger partial charge in [-0.3, -0.25) is 4.79 Å². The Balaban J connectivity index is 1.85. The summed E-state index contributed by atoms with van der Waals surface area (Å²) in [7, 11) is 0. The summed E-state index contributed by atoms with van der Waals surface area (Å²) in [6, 6.07) is 10.0. The van der Waals surface area contributed by atoms with Crippen LogP contribution in [0.3, 0.4) is 0 Å². The Labute approximate surface area is 126 Å². The number of rotatable bonds is 2. The van der Waals surface area contributed by atoms with E-state index in [2.05, 4.69) is 18.2 Å². The van der Waals surface area contributed by atoms with Gasteiger partial charge < -0.3 is 0 Å². The first kappa shape index (κ1) is 13.2. The molecule has 19 heavy (non-hydrogen) atoms. The van der Waals surface area contributed by atoms with Crippen molar-refractivity contribution in [1.29, 1.82) is 0 Å². The predicted molar refractivity (Wildman–Crippen MR) is 80.6 cm³/mol. The number of thiophene rings is 1. The highest BCUT2D eigenvalue weighted by atomic mass is 35.5. The second kappa shape index (κ2) is 5.28. The molecule has 1 aromatic heterocycles. The predicted octanol–water partition coefficient (Wildman–Crippen LogP) is 5.04. The van der Waals surface area contributed by atoms with Crippen LogP contribution in [0.25, 0.3) is 0 Å². The Morgan fingerprint density at radius 2 is 1.95 bits per heavy atom. The number of benzene rings is 1. The van der Waals surface area contributed by atoms with E-state index in [1.807, 2.05) is 6.07 Å². The highest BCUT2D eigenvalue weighted by molar-refractivity contribution is 7.20. The molecule has 1 aromatic carbocycles. The standard InChI is InChI=1S/C15H12Cl2OS/c16-13-8-12(15(17)19-13)14(18)11-6-5-9-3-1-2-4-10(9)7-11/h1-4,8,11H,5-7H2. The molecular weight excluding hydrogens is 299 g/mol. The molecule has 1 nitrogen and oxygen atoms in total. The van der Waals surface area contributed by atoms with Crippen molar-refractivity contribution in [3.8, 4) is 0 Å². The van der Waals surface area contributed by atoms with Gasteiger partial charge in [0.2, 0.25) is 0 Å². The molecule has 0 saturated carbocycles. The van der Waals surface area contributed by atoms with Crippen LogP contribution >= 0.6 is 34.5 Å². The molecular formula is C15H12Cl2OS. The fourth-order valence-corrected chi connectivity index (χ4v) is 4.12. The van der Waals surface area contributed by atoms with E-state index >= 15 is 0 Å². The Morgan fingerprint density at radius 1 is 1.21 bits per heavy atom. The van der Waals surface area contributed by atoms with E-state index in [9.17, 15) is 4.79 Å². The Hall–Kier alpha value is -0.830. The summed E-state index contributed by atoms with van der Waals surface area (Å²) in [6.45, 7) is 0. The number of carbonyl (C=O) groups excluding carboxylic acids is 1. The van der Waals surface area contributed by atoms with Crippen LogP contribution in [0.2, 0.25) is 8.67 Å². The van der Waals surface area contributed by atoms with Gasteiger partial charge in [-0.2, -0.15) is 0 Å². The number of fused-ring (bicyclic) bond motifs is 1. The molecule has 1 aliphatic rings. The van der Waals surface area contributed by atoms with E-state index in [1.54, 1.807) is 6.07 Å². The highest BCUT2D eigenvalue weighted by Gasteiger charge is 2.27. The molecule has 0 N–H and O–H groups in total. The van der Waals surface area contributed by atoms with Crippen molar-refractivity contribution in [2.75, 3.05) is 0 Å². The lowest BCUT2D eigenvalue weighted by molar-refractivity contribution is 0.0909. The van der Waals surface area contributed by atoms with Crippen LogP contribution in [0, 0.1) is 5.92 Å². The topological polar surface area (TPSA) is 17.1 Å². The maximum atomic E-state index is 12.5. The number of halogens is 2. The molecule has 0 amide bonds. The van der Waals surface area contributed by atoms with Gasteiger partial charge in [-0.1, -0.05) is 47.5 Å². The summed E-state index contributed by atoms with van der Waals surface area (Å²) in [5, 5.41) is 0. The maximum Gasteiger partial charge on any atom is 0.168 e. The zero-order valence-electron chi connectivity index (χ0n) is 10.2. The second-order valence-corrected chi connectivity index (χ2v) is 7.10. The van der Waals surface area contributed by atoms with Gasteiger partial charge in [0.25, 0.3) is 0 Å². The average Bonchev–Trinajstić information content (AvgIpc) is 2.76. The summed E-state index contributed by atoms with van der Waals surface area (Å²) in [6.07, 6.45) is 2.65. The second-order valence-electron chi connectivity index (χ2n) is 4.81. The first-order valence-corrected chi connectivity index (χ1v) is 7.78. The average molecular weight is 311 g/mol. The SMILES string of the molecule is O=C(c1cc(Cl)sc1Cl)C1CCc2ccccc2C1.